The molecule has 0 bridgehead atoms. The van der Waals surface area contributed by atoms with Crippen LogP contribution in [0.15, 0.2) is 54.6 Å². The minimum absolute atomic E-state index is 0.0137. The maximum absolute atomic E-state index is 11.3. The van der Waals surface area contributed by atoms with Gasteiger partial charge >= 0.3 is 5.97 Å². The summed E-state index contributed by atoms with van der Waals surface area (Å²) >= 11 is 0. The van der Waals surface area contributed by atoms with Gasteiger partial charge in [0, 0.05) is 24.4 Å². The number of fused-ring (bicyclic) bond motifs is 1. The van der Waals surface area contributed by atoms with Crippen molar-refractivity contribution in [2.75, 3.05) is 0 Å². The highest BCUT2D eigenvalue weighted by atomic mass is 16.6. The Labute approximate surface area is 143 Å². The molecule has 6 heteroatoms. The molecule has 25 heavy (non-hydrogen) atoms. The van der Waals surface area contributed by atoms with Crippen molar-refractivity contribution in [3.63, 3.8) is 0 Å². The van der Waals surface area contributed by atoms with Gasteiger partial charge < -0.3 is 4.74 Å². The number of carbonyl (C=O) groups excluding carboxylic acids is 1. The van der Waals surface area contributed by atoms with Gasteiger partial charge in [0.05, 0.1) is 21.7 Å². The number of aromatic nitrogens is 1. The molecule has 0 fully saturated rings. The van der Waals surface area contributed by atoms with Crippen LogP contribution in [0.25, 0.3) is 23.1 Å². The molecule has 0 saturated carbocycles. The molecule has 0 unspecified atom stereocenters. The lowest BCUT2D eigenvalue weighted by atomic mass is 10.1. The van der Waals surface area contributed by atoms with Crippen LogP contribution in [-0.2, 0) is 4.79 Å². The van der Waals surface area contributed by atoms with Crippen LogP contribution < -0.4 is 4.74 Å². The fourth-order valence-electron chi connectivity index (χ4n) is 2.46. The van der Waals surface area contributed by atoms with Gasteiger partial charge in [0.15, 0.2) is 0 Å². The van der Waals surface area contributed by atoms with Gasteiger partial charge in [-0.3, -0.25) is 14.9 Å². The fourth-order valence-corrected chi connectivity index (χ4v) is 2.46. The molecule has 3 aromatic rings. The first kappa shape index (κ1) is 16.3. The van der Waals surface area contributed by atoms with Crippen molar-refractivity contribution in [2.45, 2.75) is 6.92 Å². The van der Waals surface area contributed by atoms with Gasteiger partial charge in [-0.1, -0.05) is 24.3 Å². The van der Waals surface area contributed by atoms with E-state index in [9.17, 15) is 14.9 Å². The minimum atomic E-state index is -0.433. The number of nitro groups is 1. The Morgan fingerprint density at radius 2 is 1.84 bits per heavy atom. The number of ether oxygens (including phenoxy) is 1. The van der Waals surface area contributed by atoms with E-state index in [2.05, 4.69) is 4.98 Å². The summed E-state index contributed by atoms with van der Waals surface area (Å²) in [6.07, 6.45) is 3.27. The lowest BCUT2D eigenvalue weighted by Gasteiger charge is -2.07. The van der Waals surface area contributed by atoms with Crippen LogP contribution >= 0.6 is 0 Å². The molecular formula is C19H14N2O4. The van der Waals surface area contributed by atoms with Crippen molar-refractivity contribution in [1.29, 1.82) is 0 Å². The van der Waals surface area contributed by atoms with Crippen LogP contribution in [0.1, 0.15) is 18.2 Å². The molecule has 124 valence electrons. The quantitative estimate of drug-likeness (QED) is 0.405. The first-order valence-electron chi connectivity index (χ1n) is 7.54. The van der Waals surface area contributed by atoms with Crippen molar-refractivity contribution < 1.29 is 14.5 Å². The summed E-state index contributed by atoms with van der Waals surface area (Å²) in [4.78, 5) is 26.5. The second-order valence-corrected chi connectivity index (χ2v) is 5.31. The molecule has 0 atom stereocenters. The predicted octanol–water partition coefficient (Wildman–Crippen LogP) is 4.24. The Balaban J connectivity index is 2.05. The van der Waals surface area contributed by atoms with Crippen LogP contribution in [0.5, 0.6) is 5.75 Å². The number of hydrogen-bond acceptors (Lipinski definition) is 5. The molecule has 0 aliphatic heterocycles. The third-order valence-electron chi connectivity index (χ3n) is 3.52. The molecule has 0 spiro atoms. The third kappa shape index (κ3) is 3.69. The van der Waals surface area contributed by atoms with E-state index in [1.807, 2.05) is 24.3 Å². The van der Waals surface area contributed by atoms with Crippen molar-refractivity contribution >= 4 is 34.7 Å². The predicted molar refractivity (Wildman–Crippen MR) is 95.1 cm³/mol. The third-order valence-corrected chi connectivity index (χ3v) is 3.52. The molecule has 0 saturated heterocycles. The first-order valence-corrected chi connectivity index (χ1v) is 7.54. The second-order valence-electron chi connectivity index (χ2n) is 5.31. The highest BCUT2D eigenvalue weighted by molar-refractivity contribution is 5.89. The molecule has 0 amide bonds. The number of nitro benzene ring substituents is 1. The molecule has 6 nitrogen and oxygen atoms in total. The van der Waals surface area contributed by atoms with Gasteiger partial charge in [0.25, 0.3) is 5.69 Å². The summed E-state index contributed by atoms with van der Waals surface area (Å²) < 4.78 is 5.26. The topological polar surface area (TPSA) is 82.3 Å². The number of rotatable bonds is 4. The zero-order valence-electron chi connectivity index (χ0n) is 13.4. The minimum Gasteiger partial charge on any atom is -0.426 e. The number of esters is 1. The SMILES string of the molecule is CC(=O)Oc1cc(C=Cc2ccccc2[N+](=O)[O-])nc2ccccc12. The van der Waals surface area contributed by atoms with Gasteiger partial charge in [-0.25, -0.2) is 4.98 Å². The lowest BCUT2D eigenvalue weighted by Crippen LogP contribution is -2.02. The standard InChI is InChI=1S/C19H14N2O4/c1-13(22)25-19-12-15(20-17-8-4-3-7-16(17)19)11-10-14-6-2-5-9-18(14)21(23)24/h2-12H,1H3. The molecule has 0 aliphatic rings. The average Bonchev–Trinajstić information content (AvgIpc) is 2.59. The maximum Gasteiger partial charge on any atom is 0.308 e. The van der Waals surface area contributed by atoms with E-state index in [1.54, 1.807) is 36.4 Å². The van der Waals surface area contributed by atoms with Gasteiger partial charge in [0.1, 0.15) is 5.75 Å². The summed E-state index contributed by atoms with van der Waals surface area (Å²) in [6.45, 7) is 1.33. The Kier molecular flexibility index (Phi) is 4.52. The van der Waals surface area contributed by atoms with E-state index < -0.39 is 10.9 Å². The summed E-state index contributed by atoms with van der Waals surface area (Å²) in [5.41, 5.74) is 1.69. The summed E-state index contributed by atoms with van der Waals surface area (Å²) in [6, 6.07) is 15.4. The zero-order valence-corrected chi connectivity index (χ0v) is 13.4. The molecule has 1 aromatic heterocycles. The van der Waals surface area contributed by atoms with Crippen molar-refractivity contribution in [3.05, 3.63) is 76.0 Å². The number of benzene rings is 2. The second kappa shape index (κ2) is 6.92. The highest BCUT2D eigenvalue weighted by Gasteiger charge is 2.10. The normalized spacial score (nSPS) is 10.9. The van der Waals surface area contributed by atoms with E-state index in [4.69, 9.17) is 4.74 Å². The molecule has 0 N–H and O–H groups in total. The van der Waals surface area contributed by atoms with Gasteiger partial charge in [-0.15, -0.1) is 0 Å². The summed E-state index contributed by atoms with van der Waals surface area (Å²) in [7, 11) is 0. The van der Waals surface area contributed by atoms with E-state index in [0.717, 1.165) is 5.39 Å². The van der Waals surface area contributed by atoms with Crippen molar-refractivity contribution in [1.82, 2.24) is 4.98 Å². The molecular weight excluding hydrogens is 320 g/mol. The Morgan fingerprint density at radius 3 is 2.60 bits per heavy atom. The number of nitrogens with zero attached hydrogens (tertiary/aromatic N) is 2. The van der Waals surface area contributed by atoms with Gasteiger partial charge in [0.2, 0.25) is 0 Å². The molecule has 0 radical (unpaired) electrons. The fraction of sp³-hybridized carbons (Fsp3) is 0.0526. The Bertz CT molecular complexity index is 996. The lowest BCUT2D eigenvalue weighted by molar-refractivity contribution is -0.385. The van der Waals surface area contributed by atoms with Crippen molar-refractivity contribution in [3.8, 4) is 5.75 Å². The summed E-state index contributed by atoms with van der Waals surface area (Å²) in [5, 5.41) is 11.8. The highest BCUT2D eigenvalue weighted by Crippen LogP contribution is 2.27. The Morgan fingerprint density at radius 1 is 1.12 bits per heavy atom. The van der Waals surface area contributed by atoms with Crippen LogP contribution in [0.4, 0.5) is 5.69 Å². The van der Waals surface area contributed by atoms with Crippen molar-refractivity contribution in [2.24, 2.45) is 0 Å². The van der Waals surface area contributed by atoms with E-state index in [-0.39, 0.29) is 5.69 Å². The maximum atomic E-state index is 11.3. The van der Waals surface area contributed by atoms with E-state index >= 15 is 0 Å². The molecule has 2 aromatic carbocycles. The first-order chi connectivity index (χ1) is 12.0. The number of hydrogen-bond donors (Lipinski definition) is 0. The van der Waals surface area contributed by atoms with Crippen LogP contribution in [-0.4, -0.2) is 15.9 Å². The van der Waals surface area contributed by atoms with E-state index in [0.29, 0.717) is 22.5 Å². The van der Waals surface area contributed by atoms with Gasteiger partial charge in [-0.2, -0.15) is 0 Å². The molecule has 0 aliphatic carbocycles. The largest absolute Gasteiger partial charge is 0.426 e. The molecule has 1 heterocycles. The van der Waals surface area contributed by atoms with Crippen LogP contribution in [0.2, 0.25) is 0 Å². The number of carbonyl (C=O) groups is 1. The van der Waals surface area contributed by atoms with Gasteiger partial charge in [-0.05, 0) is 30.4 Å². The van der Waals surface area contributed by atoms with E-state index in [1.165, 1.54) is 13.0 Å². The smallest absolute Gasteiger partial charge is 0.308 e. The number of pyridine rings is 1. The summed E-state index contributed by atoms with van der Waals surface area (Å²) in [5.74, 6) is -0.0229. The molecule has 3 rings (SSSR count). The van der Waals surface area contributed by atoms with Crippen LogP contribution in [0.3, 0.4) is 0 Å². The Hall–Kier alpha value is -3.54. The zero-order chi connectivity index (χ0) is 17.8. The van der Waals surface area contributed by atoms with Crippen LogP contribution in [0, 0.1) is 10.1 Å². The average molecular weight is 334 g/mol. The number of para-hydroxylation sites is 2. The monoisotopic (exact) mass is 334 g/mol.